The molecule has 3 rings (SSSR count). The molecule has 9 heteroatoms. The minimum absolute atomic E-state index is 0.0127. The monoisotopic (exact) mass is 505 g/mol. The van der Waals surface area contributed by atoms with E-state index in [0.29, 0.717) is 15.2 Å². The van der Waals surface area contributed by atoms with E-state index in [9.17, 15) is 9.59 Å². The van der Waals surface area contributed by atoms with E-state index in [1.54, 1.807) is 18.2 Å². The molecule has 30 heavy (non-hydrogen) atoms. The highest BCUT2D eigenvalue weighted by molar-refractivity contribution is 9.10. The summed E-state index contributed by atoms with van der Waals surface area (Å²) < 4.78 is 6.03. The van der Waals surface area contributed by atoms with Crippen LogP contribution in [0.25, 0.3) is 10.8 Å². The minimum Gasteiger partial charge on any atom is -0.483 e. The molecule has 3 N–H and O–H groups in total. The molecule has 6 nitrogen and oxygen atoms in total. The van der Waals surface area contributed by atoms with Gasteiger partial charge in [0.15, 0.2) is 11.7 Å². The van der Waals surface area contributed by atoms with E-state index in [2.05, 4.69) is 32.1 Å². The van der Waals surface area contributed by atoms with Crippen LogP contribution in [0.4, 0.5) is 0 Å². The van der Waals surface area contributed by atoms with Crippen molar-refractivity contribution in [1.29, 1.82) is 0 Å². The fourth-order valence-electron chi connectivity index (χ4n) is 2.72. The van der Waals surface area contributed by atoms with Gasteiger partial charge >= 0.3 is 0 Å². The first-order valence-corrected chi connectivity index (χ1v) is 10.4. The standard InChI is InChI=1S/C21H17BrClN3O3S/c22-17-11-15(23)8-9-18(17)29-12-20(28)25-26-21(30)24-19(27)10-14-6-3-5-13-4-1-2-7-16(13)14/h1-9,11H,10,12H2,(H,25,28)(H2,24,26,27,30). The molecule has 0 aliphatic rings. The number of hydrogen-bond donors (Lipinski definition) is 3. The van der Waals surface area contributed by atoms with Gasteiger partial charge in [-0.2, -0.15) is 0 Å². The molecule has 0 saturated heterocycles. The average molecular weight is 507 g/mol. The Labute approximate surface area is 192 Å². The van der Waals surface area contributed by atoms with Crippen molar-refractivity contribution in [1.82, 2.24) is 16.2 Å². The first-order valence-electron chi connectivity index (χ1n) is 8.85. The first kappa shape index (κ1) is 22.0. The molecule has 0 saturated carbocycles. The summed E-state index contributed by atoms with van der Waals surface area (Å²) in [5.74, 6) is -0.289. The molecule has 0 bridgehead atoms. The van der Waals surface area contributed by atoms with Crippen molar-refractivity contribution < 1.29 is 14.3 Å². The summed E-state index contributed by atoms with van der Waals surface area (Å²) in [5, 5.41) is 5.14. The van der Waals surface area contributed by atoms with Crippen LogP contribution in [0.15, 0.2) is 65.1 Å². The number of fused-ring (bicyclic) bond motifs is 1. The van der Waals surface area contributed by atoms with Gasteiger partial charge in [0.1, 0.15) is 5.75 Å². The molecule has 0 aromatic heterocycles. The van der Waals surface area contributed by atoms with Gasteiger partial charge in [0.25, 0.3) is 5.91 Å². The second-order valence-corrected chi connectivity index (χ2v) is 7.93. The molecule has 0 aliphatic heterocycles. The van der Waals surface area contributed by atoms with Crippen LogP contribution < -0.4 is 20.9 Å². The molecular formula is C21H17BrClN3O3S. The Morgan fingerprint density at radius 1 is 1.00 bits per heavy atom. The zero-order valence-corrected chi connectivity index (χ0v) is 18.7. The Morgan fingerprint density at radius 3 is 2.57 bits per heavy atom. The predicted octanol–water partition coefficient (Wildman–Crippen LogP) is 3.90. The summed E-state index contributed by atoms with van der Waals surface area (Å²) in [6, 6.07) is 18.6. The van der Waals surface area contributed by atoms with Crippen LogP contribution in [0.2, 0.25) is 5.02 Å². The second kappa shape index (κ2) is 10.4. The van der Waals surface area contributed by atoms with Crippen molar-refractivity contribution >= 4 is 67.4 Å². The van der Waals surface area contributed by atoms with E-state index in [-0.39, 0.29) is 24.0 Å². The SMILES string of the molecule is O=C(COc1ccc(Cl)cc1Br)NNC(=S)NC(=O)Cc1cccc2ccccc12. The Hall–Kier alpha value is -2.68. The van der Waals surface area contributed by atoms with Gasteiger partial charge < -0.3 is 10.1 Å². The molecule has 154 valence electrons. The number of thiocarbonyl (C=S) groups is 1. The highest BCUT2D eigenvalue weighted by Gasteiger charge is 2.10. The zero-order chi connectivity index (χ0) is 21.5. The van der Waals surface area contributed by atoms with E-state index in [1.165, 1.54) is 0 Å². The summed E-state index contributed by atoms with van der Waals surface area (Å²) in [4.78, 5) is 24.2. The van der Waals surface area contributed by atoms with Gasteiger partial charge in [-0.3, -0.25) is 20.4 Å². The molecule has 3 aromatic carbocycles. The van der Waals surface area contributed by atoms with E-state index < -0.39 is 5.91 Å². The fourth-order valence-corrected chi connectivity index (χ4v) is 3.68. The number of ether oxygens (including phenoxy) is 1. The summed E-state index contributed by atoms with van der Waals surface area (Å²) >= 11 is 14.2. The van der Waals surface area contributed by atoms with E-state index in [0.717, 1.165) is 16.3 Å². The molecule has 0 aliphatic carbocycles. The lowest BCUT2D eigenvalue weighted by atomic mass is 10.0. The molecule has 0 heterocycles. The number of carbonyl (C=O) groups excluding carboxylic acids is 2. The lowest BCUT2D eigenvalue weighted by Crippen LogP contribution is -2.50. The molecule has 0 spiro atoms. The average Bonchev–Trinajstić information content (AvgIpc) is 2.72. The fraction of sp³-hybridized carbons (Fsp3) is 0.0952. The van der Waals surface area contributed by atoms with Crippen molar-refractivity contribution in [2.45, 2.75) is 6.42 Å². The maximum atomic E-state index is 12.3. The Balaban J connectivity index is 1.44. The number of rotatable bonds is 5. The van der Waals surface area contributed by atoms with Crippen LogP contribution in [0.3, 0.4) is 0 Å². The van der Waals surface area contributed by atoms with Gasteiger partial charge in [0, 0.05) is 5.02 Å². The summed E-state index contributed by atoms with van der Waals surface area (Å²) in [5.41, 5.74) is 5.74. The van der Waals surface area contributed by atoms with Crippen molar-refractivity contribution in [2.75, 3.05) is 6.61 Å². The van der Waals surface area contributed by atoms with Crippen LogP contribution in [0, 0.1) is 0 Å². The van der Waals surface area contributed by atoms with Gasteiger partial charge in [-0.1, -0.05) is 54.1 Å². The lowest BCUT2D eigenvalue weighted by molar-refractivity contribution is -0.124. The highest BCUT2D eigenvalue weighted by atomic mass is 79.9. The quantitative estimate of drug-likeness (QED) is 0.361. The summed E-state index contributed by atoms with van der Waals surface area (Å²) in [6.07, 6.45) is 0.158. The van der Waals surface area contributed by atoms with Gasteiger partial charge in [-0.05, 0) is 62.7 Å². The number of benzene rings is 3. The van der Waals surface area contributed by atoms with Gasteiger partial charge in [-0.15, -0.1) is 0 Å². The Kier molecular flexibility index (Phi) is 7.62. The molecule has 0 atom stereocenters. The van der Waals surface area contributed by atoms with Gasteiger partial charge in [0.2, 0.25) is 5.91 Å². The number of halogens is 2. The van der Waals surface area contributed by atoms with E-state index in [1.807, 2.05) is 42.5 Å². The third-order valence-corrected chi connectivity index (χ3v) is 5.11. The van der Waals surface area contributed by atoms with Crippen LogP contribution in [-0.2, 0) is 16.0 Å². The zero-order valence-electron chi connectivity index (χ0n) is 15.6. The van der Waals surface area contributed by atoms with Crippen molar-refractivity contribution in [2.24, 2.45) is 0 Å². The van der Waals surface area contributed by atoms with Crippen molar-refractivity contribution in [3.8, 4) is 5.75 Å². The molecule has 3 aromatic rings. The number of nitrogens with one attached hydrogen (secondary N) is 3. The molecule has 0 unspecified atom stereocenters. The molecule has 2 amide bonds. The topological polar surface area (TPSA) is 79.5 Å². The number of hydrazine groups is 1. The number of amides is 2. The normalized spacial score (nSPS) is 10.3. The lowest BCUT2D eigenvalue weighted by Gasteiger charge is -2.12. The predicted molar refractivity (Wildman–Crippen MR) is 124 cm³/mol. The van der Waals surface area contributed by atoms with E-state index >= 15 is 0 Å². The Morgan fingerprint density at radius 2 is 1.77 bits per heavy atom. The first-order chi connectivity index (χ1) is 14.4. The third kappa shape index (κ3) is 6.16. The van der Waals surface area contributed by atoms with E-state index in [4.69, 9.17) is 28.6 Å². The number of hydrogen-bond acceptors (Lipinski definition) is 4. The maximum Gasteiger partial charge on any atom is 0.276 e. The molecule has 0 fully saturated rings. The van der Waals surface area contributed by atoms with Gasteiger partial charge in [-0.25, -0.2) is 0 Å². The Bertz CT molecular complexity index is 1100. The van der Waals surface area contributed by atoms with Crippen LogP contribution in [0.5, 0.6) is 5.75 Å². The molecule has 0 radical (unpaired) electrons. The van der Waals surface area contributed by atoms with Gasteiger partial charge in [0.05, 0.1) is 10.9 Å². The molecular weight excluding hydrogens is 490 g/mol. The van der Waals surface area contributed by atoms with Crippen LogP contribution in [0.1, 0.15) is 5.56 Å². The largest absolute Gasteiger partial charge is 0.483 e. The van der Waals surface area contributed by atoms with Crippen LogP contribution in [-0.4, -0.2) is 23.5 Å². The van der Waals surface area contributed by atoms with Crippen molar-refractivity contribution in [3.05, 3.63) is 75.7 Å². The highest BCUT2D eigenvalue weighted by Crippen LogP contribution is 2.27. The third-order valence-electron chi connectivity index (χ3n) is 4.05. The maximum absolute atomic E-state index is 12.3. The smallest absolute Gasteiger partial charge is 0.276 e. The second-order valence-electron chi connectivity index (χ2n) is 6.23. The van der Waals surface area contributed by atoms with Crippen molar-refractivity contribution in [3.63, 3.8) is 0 Å². The minimum atomic E-state index is -0.470. The summed E-state index contributed by atoms with van der Waals surface area (Å²) in [7, 11) is 0. The number of carbonyl (C=O) groups is 2. The van der Waals surface area contributed by atoms with Crippen LogP contribution >= 0.6 is 39.7 Å². The summed E-state index contributed by atoms with van der Waals surface area (Å²) in [6.45, 7) is -0.250.